The lowest BCUT2D eigenvalue weighted by Crippen LogP contribution is -2.44. The highest BCUT2D eigenvalue weighted by molar-refractivity contribution is 6.76. The monoisotopic (exact) mass is 469 g/mol. The van der Waals surface area contributed by atoms with E-state index in [1.807, 2.05) is 6.20 Å². The molecule has 1 aliphatic carbocycles. The third-order valence-electron chi connectivity index (χ3n) is 7.38. The summed E-state index contributed by atoms with van der Waals surface area (Å²) in [6.07, 6.45) is 9.50. The molecule has 1 aromatic heterocycles. The summed E-state index contributed by atoms with van der Waals surface area (Å²) in [7, 11) is -1.07. The van der Waals surface area contributed by atoms with E-state index < -0.39 is 8.07 Å². The van der Waals surface area contributed by atoms with Gasteiger partial charge in [-0.25, -0.2) is 4.68 Å². The Hall–Kier alpha value is -1.47. The summed E-state index contributed by atoms with van der Waals surface area (Å²) < 4.78 is 14.6. The number of nitrogens with zero attached hydrogens (tertiary/aromatic N) is 2. The molecule has 6 heteroatoms. The Morgan fingerprint density at radius 1 is 1.03 bits per heavy atom. The van der Waals surface area contributed by atoms with Crippen molar-refractivity contribution in [2.24, 2.45) is 0 Å². The van der Waals surface area contributed by atoms with Crippen LogP contribution in [0.4, 0.5) is 0 Å². The Bertz CT molecular complexity index is 827. The number of hydrogen-bond acceptors (Lipinski definition) is 4. The van der Waals surface area contributed by atoms with Crippen LogP contribution in [0.25, 0.3) is 0 Å². The molecular weight excluding hydrogens is 426 g/mol. The number of ether oxygens (including phenoxy) is 2. The highest BCUT2D eigenvalue weighted by Gasteiger charge is 2.31. The SMILES string of the molecule is C[Si](C)(C)CCOCn1nccc1[C@H]1CCCN[C@H]1CO[C@H]1CC[C@@H](c2ccccc2)CC1. The fourth-order valence-electron chi connectivity index (χ4n) is 5.30. The molecule has 182 valence electrons. The van der Waals surface area contributed by atoms with Gasteiger partial charge >= 0.3 is 0 Å². The Balaban J connectivity index is 1.27. The fraction of sp³-hybridized carbons (Fsp3) is 0.667. The summed E-state index contributed by atoms with van der Waals surface area (Å²) in [5.41, 5.74) is 2.78. The van der Waals surface area contributed by atoms with E-state index in [4.69, 9.17) is 9.47 Å². The molecule has 2 heterocycles. The van der Waals surface area contributed by atoms with Crippen LogP contribution < -0.4 is 5.32 Å². The largest absolute Gasteiger partial charge is 0.377 e. The van der Waals surface area contributed by atoms with Gasteiger partial charge in [0.25, 0.3) is 0 Å². The van der Waals surface area contributed by atoms with Crippen LogP contribution in [0.15, 0.2) is 42.6 Å². The second-order valence-corrected chi connectivity index (χ2v) is 16.8. The van der Waals surface area contributed by atoms with Crippen LogP contribution in [0.1, 0.15) is 61.6 Å². The Labute approximate surface area is 201 Å². The van der Waals surface area contributed by atoms with E-state index in [2.05, 4.69) is 71.1 Å². The first-order chi connectivity index (χ1) is 16.0. The first kappa shape index (κ1) is 24.6. The predicted octanol–water partition coefficient (Wildman–Crippen LogP) is 5.77. The first-order valence-electron chi connectivity index (χ1n) is 13.0. The molecule has 5 nitrogen and oxygen atoms in total. The van der Waals surface area contributed by atoms with Crippen molar-refractivity contribution in [1.82, 2.24) is 15.1 Å². The molecule has 1 aromatic carbocycles. The van der Waals surface area contributed by atoms with Crippen molar-refractivity contribution in [3.05, 3.63) is 53.9 Å². The average Bonchev–Trinajstić information content (AvgIpc) is 3.29. The van der Waals surface area contributed by atoms with Crippen LogP contribution in [-0.2, 0) is 16.2 Å². The second kappa shape index (κ2) is 11.8. The van der Waals surface area contributed by atoms with E-state index in [1.165, 1.54) is 55.8 Å². The predicted molar refractivity (Wildman–Crippen MR) is 137 cm³/mol. The van der Waals surface area contributed by atoms with Crippen LogP contribution in [0, 0.1) is 0 Å². The van der Waals surface area contributed by atoms with Gasteiger partial charge in [-0.2, -0.15) is 5.10 Å². The summed E-state index contributed by atoms with van der Waals surface area (Å²) in [4.78, 5) is 0. The molecule has 1 aliphatic heterocycles. The molecular formula is C27H43N3O2Si. The van der Waals surface area contributed by atoms with E-state index in [0.29, 0.717) is 30.7 Å². The summed E-state index contributed by atoms with van der Waals surface area (Å²) in [6, 6.07) is 14.7. The van der Waals surface area contributed by atoms with Crippen molar-refractivity contribution in [1.29, 1.82) is 0 Å². The number of hydrogen-bond donors (Lipinski definition) is 1. The lowest BCUT2D eigenvalue weighted by molar-refractivity contribution is 0.00439. The zero-order chi connectivity index (χ0) is 23.1. The molecule has 0 unspecified atom stereocenters. The molecule has 2 aliphatic rings. The van der Waals surface area contributed by atoms with Gasteiger partial charge in [0.2, 0.25) is 0 Å². The van der Waals surface area contributed by atoms with E-state index in [1.54, 1.807) is 0 Å². The summed E-state index contributed by atoms with van der Waals surface area (Å²) in [6.45, 7) is 10.4. The molecule has 0 bridgehead atoms. The van der Waals surface area contributed by atoms with Crippen molar-refractivity contribution in [2.75, 3.05) is 19.8 Å². The molecule has 1 saturated heterocycles. The topological polar surface area (TPSA) is 48.3 Å². The average molecular weight is 470 g/mol. The lowest BCUT2D eigenvalue weighted by Gasteiger charge is -2.35. The van der Waals surface area contributed by atoms with Crippen molar-refractivity contribution in [2.45, 2.75) is 94.9 Å². The molecule has 2 atom stereocenters. The maximum atomic E-state index is 6.49. The number of benzene rings is 1. The number of piperidine rings is 1. The van der Waals surface area contributed by atoms with E-state index in [0.717, 1.165) is 19.8 Å². The van der Waals surface area contributed by atoms with Gasteiger partial charge in [0.15, 0.2) is 0 Å². The van der Waals surface area contributed by atoms with Gasteiger partial charge in [-0.05, 0) is 68.7 Å². The highest BCUT2D eigenvalue weighted by atomic mass is 28.3. The summed E-state index contributed by atoms with van der Waals surface area (Å²) >= 11 is 0. The van der Waals surface area contributed by atoms with E-state index >= 15 is 0 Å². The van der Waals surface area contributed by atoms with E-state index in [9.17, 15) is 0 Å². The lowest BCUT2D eigenvalue weighted by atomic mass is 9.82. The molecule has 1 N–H and O–H groups in total. The molecule has 4 rings (SSSR count). The Kier molecular flexibility index (Phi) is 8.80. The highest BCUT2D eigenvalue weighted by Crippen LogP contribution is 2.35. The van der Waals surface area contributed by atoms with Crippen molar-refractivity contribution in [3.8, 4) is 0 Å². The summed E-state index contributed by atoms with van der Waals surface area (Å²) in [5.74, 6) is 1.13. The molecule has 2 fully saturated rings. The van der Waals surface area contributed by atoms with Gasteiger partial charge in [0.05, 0.1) is 12.7 Å². The van der Waals surface area contributed by atoms with Crippen LogP contribution in [-0.4, -0.2) is 49.8 Å². The van der Waals surface area contributed by atoms with E-state index in [-0.39, 0.29) is 0 Å². The first-order valence-corrected chi connectivity index (χ1v) is 16.7. The van der Waals surface area contributed by atoms with Gasteiger partial charge < -0.3 is 14.8 Å². The van der Waals surface area contributed by atoms with Crippen molar-refractivity contribution < 1.29 is 9.47 Å². The molecule has 33 heavy (non-hydrogen) atoms. The molecule has 0 spiro atoms. The zero-order valence-corrected chi connectivity index (χ0v) is 21.8. The minimum absolute atomic E-state index is 0.350. The maximum Gasteiger partial charge on any atom is 0.139 e. The summed E-state index contributed by atoms with van der Waals surface area (Å²) in [5, 5.41) is 8.33. The molecule has 0 amide bonds. The Morgan fingerprint density at radius 3 is 2.58 bits per heavy atom. The minimum atomic E-state index is -1.07. The fourth-order valence-corrected chi connectivity index (χ4v) is 6.06. The van der Waals surface area contributed by atoms with Gasteiger partial charge in [0.1, 0.15) is 6.73 Å². The number of rotatable bonds is 10. The maximum absolute atomic E-state index is 6.49. The van der Waals surface area contributed by atoms with Crippen LogP contribution in [0.3, 0.4) is 0 Å². The van der Waals surface area contributed by atoms with Gasteiger partial charge in [-0.3, -0.25) is 0 Å². The van der Waals surface area contributed by atoms with Gasteiger partial charge in [-0.15, -0.1) is 0 Å². The number of nitrogens with one attached hydrogen (secondary N) is 1. The Morgan fingerprint density at radius 2 is 1.82 bits per heavy atom. The third-order valence-corrected chi connectivity index (χ3v) is 9.08. The smallest absolute Gasteiger partial charge is 0.139 e. The van der Waals surface area contributed by atoms with Gasteiger partial charge in [-0.1, -0.05) is 50.0 Å². The molecule has 1 saturated carbocycles. The van der Waals surface area contributed by atoms with Crippen molar-refractivity contribution >= 4 is 8.07 Å². The zero-order valence-electron chi connectivity index (χ0n) is 20.8. The van der Waals surface area contributed by atoms with Crippen LogP contribution >= 0.6 is 0 Å². The standard InChI is InChI=1S/C27H43N3O2Si/c1-33(2,3)19-18-31-21-30-27(15-17-29-30)25-10-7-16-28-26(25)20-32-24-13-11-23(12-14-24)22-8-5-4-6-9-22/h4-6,8-9,15,17,23-26,28H,7,10-14,16,18-21H2,1-3H3/t23-,24+,25-,26-/m0/s1. The normalized spacial score (nSPS) is 26.4. The molecule has 2 aromatic rings. The molecule has 0 radical (unpaired) electrons. The van der Waals surface area contributed by atoms with Crippen LogP contribution in [0.2, 0.25) is 25.7 Å². The quantitative estimate of drug-likeness (QED) is 0.354. The number of aromatic nitrogens is 2. The minimum Gasteiger partial charge on any atom is -0.377 e. The van der Waals surface area contributed by atoms with Gasteiger partial charge in [0, 0.05) is 38.5 Å². The van der Waals surface area contributed by atoms with Crippen LogP contribution in [0.5, 0.6) is 0 Å². The third kappa shape index (κ3) is 7.25. The van der Waals surface area contributed by atoms with Crippen molar-refractivity contribution in [3.63, 3.8) is 0 Å². The second-order valence-electron chi connectivity index (χ2n) is 11.1.